The lowest BCUT2D eigenvalue weighted by Gasteiger charge is -2.14. The Morgan fingerprint density at radius 3 is 2.33 bits per heavy atom. The van der Waals surface area contributed by atoms with Gasteiger partial charge in [0.1, 0.15) is 0 Å². The second-order valence-electron chi connectivity index (χ2n) is 5.85. The monoisotopic (exact) mass is 391 g/mol. The zero-order chi connectivity index (χ0) is 20.0. The molecule has 0 saturated heterocycles. The predicted molar refractivity (Wildman–Crippen MR) is 98.9 cm³/mol. The van der Waals surface area contributed by atoms with Crippen LogP contribution in [0.25, 0.3) is 0 Å². The van der Waals surface area contributed by atoms with E-state index in [1.807, 2.05) is 0 Å². The van der Waals surface area contributed by atoms with Gasteiger partial charge in [-0.15, -0.1) is 0 Å². The molecule has 1 aromatic heterocycles. The van der Waals surface area contributed by atoms with Gasteiger partial charge in [0.05, 0.1) is 18.0 Å². The quantitative estimate of drug-likeness (QED) is 0.655. The Morgan fingerprint density at radius 2 is 1.81 bits per heavy atom. The lowest BCUT2D eigenvalue weighted by atomic mass is 10.2. The summed E-state index contributed by atoms with van der Waals surface area (Å²) in [7, 11) is -2.38. The van der Waals surface area contributed by atoms with Crippen LogP contribution in [0.5, 0.6) is 5.88 Å². The molecule has 1 atom stereocenters. The van der Waals surface area contributed by atoms with Gasteiger partial charge in [-0.2, -0.15) is 4.72 Å². The Labute approximate surface area is 158 Å². The topological polar surface area (TPSA) is 114 Å². The number of amides is 1. The van der Waals surface area contributed by atoms with Crippen molar-refractivity contribution >= 4 is 21.7 Å². The average Bonchev–Trinajstić information content (AvgIpc) is 2.66. The summed E-state index contributed by atoms with van der Waals surface area (Å²) >= 11 is 0. The van der Waals surface area contributed by atoms with Crippen LogP contribution < -0.4 is 14.8 Å². The van der Waals surface area contributed by atoms with Crippen LogP contribution in [0, 0.1) is 0 Å². The fourth-order valence-electron chi connectivity index (χ4n) is 2.20. The summed E-state index contributed by atoms with van der Waals surface area (Å²) in [4.78, 5) is 27.4. The third-order valence-corrected chi connectivity index (χ3v) is 5.33. The number of nitrogens with zero attached hydrogens (tertiary/aromatic N) is 1. The van der Waals surface area contributed by atoms with Gasteiger partial charge in [-0.25, -0.2) is 13.4 Å². The fourth-order valence-corrected chi connectivity index (χ4v) is 3.40. The first-order valence-electron chi connectivity index (χ1n) is 8.13. The number of Topliss-reactive ketones (excluding diaryl/α,β-unsaturated/α-hetero) is 1. The summed E-state index contributed by atoms with van der Waals surface area (Å²) in [5, 5.41) is 2.64. The second-order valence-corrected chi connectivity index (χ2v) is 7.56. The average molecular weight is 391 g/mol. The third-order valence-electron chi connectivity index (χ3n) is 3.77. The molecule has 0 bridgehead atoms. The molecule has 0 spiro atoms. The van der Waals surface area contributed by atoms with Crippen LogP contribution in [0.15, 0.2) is 47.5 Å². The predicted octanol–water partition coefficient (Wildman–Crippen LogP) is 1.28. The number of aromatic nitrogens is 1. The first-order chi connectivity index (χ1) is 12.7. The van der Waals surface area contributed by atoms with Gasteiger partial charge in [0, 0.05) is 24.4 Å². The number of sulfonamides is 1. The maximum Gasteiger partial charge on any atom is 0.241 e. The number of carbonyl (C=O) groups is 2. The Bertz CT molecular complexity index is 909. The first kappa shape index (κ1) is 20.5. The maximum absolute atomic E-state index is 12.4. The summed E-state index contributed by atoms with van der Waals surface area (Å²) in [5.41, 5.74) is 1.16. The van der Waals surface area contributed by atoms with Crippen LogP contribution in [0.2, 0.25) is 0 Å². The van der Waals surface area contributed by atoms with Crippen molar-refractivity contribution in [1.29, 1.82) is 0 Å². The van der Waals surface area contributed by atoms with E-state index in [0.29, 0.717) is 11.4 Å². The number of ether oxygens (including phenoxy) is 1. The van der Waals surface area contributed by atoms with Crippen LogP contribution in [0.4, 0.5) is 0 Å². The normalized spacial score (nSPS) is 12.3. The standard InChI is InChI=1S/C18H21N3O5S/c1-12(18(23)20-11-14-4-9-17(26-3)19-10-14)21-27(24,25)16-7-5-15(6-8-16)13(2)22/h4-10,12,21H,11H2,1-3H3,(H,20,23). The molecule has 27 heavy (non-hydrogen) atoms. The van der Waals surface area contributed by atoms with E-state index in [2.05, 4.69) is 15.0 Å². The highest BCUT2D eigenvalue weighted by atomic mass is 32.2. The van der Waals surface area contributed by atoms with Gasteiger partial charge < -0.3 is 10.1 Å². The van der Waals surface area contributed by atoms with E-state index in [9.17, 15) is 18.0 Å². The number of rotatable bonds is 8. The highest BCUT2D eigenvalue weighted by Gasteiger charge is 2.22. The van der Waals surface area contributed by atoms with E-state index in [1.165, 1.54) is 45.2 Å². The summed E-state index contributed by atoms with van der Waals surface area (Å²) in [5.74, 6) is -0.176. The fraction of sp³-hybridized carbons (Fsp3) is 0.278. The van der Waals surface area contributed by atoms with E-state index < -0.39 is 22.0 Å². The Morgan fingerprint density at radius 1 is 1.15 bits per heavy atom. The van der Waals surface area contributed by atoms with Crippen molar-refractivity contribution in [2.75, 3.05) is 7.11 Å². The molecule has 0 aliphatic rings. The minimum atomic E-state index is -3.89. The molecule has 8 nitrogen and oxygen atoms in total. The molecule has 1 aromatic carbocycles. The number of nitrogens with one attached hydrogen (secondary N) is 2. The zero-order valence-electron chi connectivity index (χ0n) is 15.2. The third kappa shape index (κ3) is 5.60. The van der Waals surface area contributed by atoms with Gasteiger partial charge in [-0.3, -0.25) is 9.59 Å². The van der Waals surface area contributed by atoms with E-state index >= 15 is 0 Å². The zero-order valence-corrected chi connectivity index (χ0v) is 16.0. The molecule has 1 unspecified atom stereocenters. The Hall–Kier alpha value is -2.78. The van der Waals surface area contributed by atoms with Gasteiger partial charge in [0.15, 0.2) is 5.78 Å². The SMILES string of the molecule is COc1ccc(CNC(=O)C(C)NS(=O)(=O)c2ccc(C(C)=O)cc2)cn1. The number of methoxy groups -OCH3 is 1. The number of ketones is 1. The van der Waals surface area contributed by atoms with Crippen molar-refractivity contribution in [2.24, 2.45) is 0 Å². The number of pyridine rings is 1. The molecule has 0 aliphatic carbocycles. The largest absolute Gasteiger partial charge is 0.481 e. The molecule has 9 heteroatoms. The van der Waals surface area contributed by atoms with Crippen LogP contribution in [-0.2, 0) is 21.4 Å². The van der Waals surface area contributed by atoms with Gasteiger partial charge >= 0.3 is 0 Å². The van der Waals surface area contributed by atoms with E-state index in [4.69, 9.17) is 4.74 Å². The van der Waals surface area contributed by atoms with Crippen molar-refractivity contribution in [3.8, 4) is 5.88 Å². The lowest BCUT2D eigenvalue weighted by Crippen LogP contribution is -2.44. The van der Waals surface area contributed by atoms with Crippen molar-refractivity contribution in [2.45, 2.75) is 31.3 Å². The van der Waals surface area contributed by atoms with Crippen molar-refractivity contribution in [3.05, 3.63) is 53.7 Å². The highest BCUT2D eigenvalue weighted by molar-refractivity contribution is 7.89. The molecule has 0 fully saturated rings. The Kier molecular flexibility index (Phi) is 6.65. The van der Waals surface area contributed by atoms with E-state index in [0.717, 1.165) is 5.56 Å². The van der Waals surface area contributed by atoms with Gasteiger partial charge in [0.2, 0.25) is 21.8 Å². The minimum Gasteiger partial charge on any atom is -0.481 e. The van der Waals surface area contributed by atoms with E-state index in [1.54, 1.807) is 18.3 Å². The summed E-state index contributed by atoms with van der Waals surface area (Å²) in [6, 6.07) is 7.94. The molecule has 1 amide bonds. The molecular weight excluding hydrogens is 370 g/mol. The number of hydrogen-bond acceptors (Lipinski definition) is 6. The molecule has 2 rings (SSSR count). The Balaban J connectivity index is 1.96. The molecule has 0 aliphatic heterocycles. The number of carbonyl (C=O) groups excluding carboxylic acids is 2. The first-order valence-corrected chi connectivity index (χ1v) is 9.61. The smallest absolute Gasteiger partial charge is 0.241 e. The van der Waals surface area contributed by atoms with Gasteiger partial charge in [-0.1, -0.05) is 18.2 Å². The van der Waals surface area contributed by atoms with E-state index in [-0.39, 0.29) is 17.2 Å². The molecule has 2 aromatic rings. The summed E-state index contributed by atoms with van der Waals surface area (Å²) in [6.07, 6.45) is 1.56. The summed E-state index contributed by atoms with van der Waals surface area (Å²) in [6.45, 7) is 3.05. The van der Waals surface area contributed by atoms with Crippen LogP contribution in [-0.4, -0.2) is 38.2 Å². The molecule has 0 saturated carbocycles. The molecule has 2 N–H and O–H groups in total. The lowest BCUT2D eigenvalue weighted by molar-refractivity contribution is -0.122. The summed E-state index contributed by atoms with van der Waals surface area (Å²) < 4.78 is 32.0. The molecule has 144 valence electrons. The molecule has 1 heterocycles. The van der Waals surface area contributed by atoms with Gasteiger partial charge in [0.25, 0.3) is 0 Å². The van der Waals surface area contributed by atoms with Crippen molar-refractivity contribution in [3.63, 3.8) is 0 Å². The maximum atomic E-state index is 12.4. The molecule has 0 radical (unpaired) electrons. The van der Waals surface area contributed by atoms with Crippen molar-refractivity contribution < 1.29 is 22.7 Å². The number of hydrogen-bond donors (Lipinski definition) is 2. The number of benzene rings is 1. The second kappa shape index (κ2) is 8.74. The minimum absolute atomic E-state index is 0.0218. The molecular formula is C18H21N3O5S. The van der Waals surface area contributed by atoms with Gasteiger partial charge in [-0.05, 0) is 31.5 Å². The van der Waals surface area contributed by atoms with Crippen LogP contribution in [0.1, 0.15) is 29.8 Å². The highest BCUT2D eigenvalue weighted by Crippen LogP contribution is 2.12. The van der Waals surface area contributed by atoms with Crippen LogP contribution >= 0.6 is 0 Å². The van der Waals surface area contributed by atoms with Crippen LogP contribution in [0.3, 0.4) is 0 Å². The van der Waals surface area contributed by atoms with Crippen molar-refractivity contribution in [1.82, 2.24) is 15.0 Å².